The van der Waals surface area contributed by atoms with Gasteiger partial charge in [-0.1, -0.05) is 11.6 Å². The quantitative estimate of drug-likeness (QED) is 0.785. The number of sulfonamides is 1. The zero-order valence-corrected chi connectivity index (χ0v) is 13.4. The lowest BCUT2D eigenvalue weighted by atomic mass is 10.2. The van der Waals surface area contributed by atoms with Gasteiger partial charge < -0.3 is 0 Å². The third-order valence-corrected chi connectivity index (χ3v) is 4.69. The average molecular weight is 339 g/mol. The highest BCUT2D eigenvalue weighted by Gasteiger charge is 2.07. The van der Waals surface area contributed by atoms with Gasteiger partial charge in [0.1, 0.15) is 5.01 Å². The van der Waals surface area contributed by atoms with E-state index in [4.69, 9.17) is 11.6 Å². The van der Waals surface area contributed by atoms with Crippen LogP contribution in [0.4, 0.5) is 5.69 Å². The maximum atomic E-state index is 11.2. The number of benzene rings is 2. The third kappa shape index (κ3) is 3.34. The lowest BCUT2D eigenvalue weighted by Gasteiger charge is -2.03. The van der Waals surface area contributed by atoms with Crippen LogP contribution in [0, 0.1) is 0 Å². The molecule has 108 valence electrons. The van der Waals surface area contributed by atoms with Crippen molar-refractivity contribution in [2.75, 3.05) is 11.0 Å². The first-order valence-electron chi connectivity index (χ1n) is 6.05. The summed E-state index contributed by atoms with van der Waals surface area (Å²) >= 11 is 7.52. The number of aromatic nitrogens is 1. The summed E-state index contributed by atoms with van der Waals surface area (Å²) in [6.07, 6.45) is 1.12. The van der Waals surface area contributed by atoms with E-state index in [1.165, 1.54) is 0 Å². The molecule has 0 aliphatic carbocycles. The Hall–Kier alpha value is -1.63. The Morgan fingerprint density at radius 1 is 1.14 bits per heavy atom. The number of fused-ring (bicyclic) bond motifs is 1. The van der Waals surface area contributed by atoms with Crippen molar-refractivity contribution in [3.05, 3.63) is 47.5 Å². The smallest absolute Gasteiger partial charge is 0.229 e. The topological polar surface area (TPSA) is 59.1 Å². The van der Waals surface area contributed by atoms with E-state index in [0.29, 0.717) is 10.7 Å². The molecule has 0 atom stereocenters. The number of thiazole rings is 1. The van der Waals surface area contributed by atoms with E-state index < -0.39 is 10.0 Å². The number of hydrogen-bond acceptors (Lipinski definition) is 4. The first-order valence-corrected chi connectivity index (χ1v) is 9.14. The zero-order valence-electron chi connectivity index (χ0n) is 11.0. The summed E-state index contributed by atoms with van der Waals surface area (Å²) in [5.74, 6) is 0. The fraction of sp³-hybridized carbons (Fsp3) is 0.0714. The molecule has 0 radical (unpaired) electrons. The third-order valence-electron chi connectivity index (χ3n) is 2.79. The molecule has 1 heterocycles. The van der Waals surface area contributed by atoms with Crippen LogP contribution in [-0.2, 0) is 10.0 Å². The molecular formula is C14H11ClN2O2S2. The molecule has 0 aliphatic heterocycles. The van der Waals surface area contributed by atoms with Crippen molar-refractivity contribution in [3.63, 3.8) is 0 Å². The van der Waals surface area contributed by atoms with E-state index in [0.717, 1.165) is 27.0 Å². The van der Waals surface area contributed by atoms with Gasteiger partial charge in [0.2, 0.25) is 10.0 Å². The van der Waals surface area contributed by atoms with Crippen LogP contribution in [-0.4, -0.2) is 19.7 Å². The Morgan fingerprint density at radius 3 is 2.52 bits per heavy atom. The van der Waals surface area contributed by atoms with Crippen molar-refractivity contribution in [3.8, 4) is 10.6 Å². The number of anilines is 1. The number of nitrogens with one attached hydrogen (secondary N) is 1. The minimum Gasteiger partial charge on any atom is -0.284 e. The second kappa shape index (κ2) is 5.29. The molecule has 1 N–H and O–H groups in total. The molecule has 0 amide bonds. The van der Waals surface area contributed by atoms with Crippen molar-refractivity contribution < 1.29 is 8.42 Å². The number of hydrogen-bond donors (Lipinski definition) is 1. The zero-order chi connectivity index (χ0) is 15.0. The maximum Gasteiger partial charge on any atom is 0.229 e. The summed E-state index contributed by atoms with van der Waals surface area (Å²) in [6, 6.07) is 12.7. The van der Waals surface area contributed by atoms with Gasteiger partial charge in [-0.3, -0.25) is 4.72 Å². The SMILES string of the molecule is CS(=O)(=O)Nc1ccc(-c2nc3ccc(Cl)cc3s2)cc1. The summed E-state index contributed by atoms with van der Waals surface area (Å²) in [4.78, 5) is 4.55. The van der Waals surface area contributed by atoms with Crippen molar-refractivity contribution >= 4 is 48.9 Å². The van der Waals surface area contributed by atoms with Crippen molar-refractivity contribution in [2.24, 2.45) is 0 Å². The number of rotatable bonds is 3. The second-order valence-electron chi connectivity index (χ2n) is 4.58. The molecule has 0 aliphatic rings. The van der Waals surface area contributed by atoms with Crippen LogP contribution >= 0.6 is 22.9 Å². The number of halogens is 1. The average Bonchev–Trinajstić information content (AvgIpc) is 2.80. The minimum atomic E-state index is -3.26. The van der Waals surface area contributed by atoms with Crippen LogP contribution in [0.5, 0.6) is 0 Å². The molecule has 0 saturated heterocycles. The fourth-order valence-corrected chi connectivity index (χ4v) is 3.73. The second-order valence-corrected chi connectivity index (χ2v) is 7.80. The van der Waals surface area contributed by atoms with Gasteiger partial charge in [0.05, 0.1) is 16.5 Å². The fourth-order valence-electron chi connectivity index (χ4n) is 1.92. The molecule has 0 spiro atoms. The molecule has 0 fully saturated rings. The molecule has 21 heavy (non-hydrogen) atoms. The van der Waals surface area contributed by atoms with Gasteiger partial charge >= 0.3 is 0 Å². The molecule has 3 aromatic rings. The van der Waals surface area contributed by atoms with Gasteiger partial charge in [0, 0.05) is 16.3 Å². The van der Waals surface area contributed by atoms with Gasteiger partial charge in [-0.2, -0.15) is 0 Å². The molecule has 2 aromatic carbocycles. The van der Waals surface area contributed by atoms with Crippen molar-refractivity contribution in [1.29, 1.82) is 0 Å². The predicted octanol–water partition coefficient (Wildman–Crippen LogP) is 3.99. The van der Waals surface area contributed by atoms with E-state index in [1.807, 2.05) is 30.3 Å². The minimum absolute atomic E-state index is 0.533. The summed E-state index contributed by atoms with van der Waals surface area (Å²) in [7, 11) is -3.26. The molecular weight excluding hydrogens is 328 g/mol. The van der Waals surface area contributed by atoms with Crippen LogP contribution in [0.15, 0.2) is 42.5 Å². The molecule has 1 aromatic heterocycles. The Balaban J connectivity index is 1.95. The molecule has 7 heteroatoms. The summed E-state index contributed by atoms with van der Waals surface area (Å²) in [6.45, 7) is 0. The van der Waals surface area contributed by atoms with Crippen LogP contribution in [0.1, 0.15) is 0 Å². The van der Waals surface area contributed by atoms with Gasteiger partial charge in [-0.15, -0.1) is 11.3 Å². The Bertz CT molecular complexity index is 902. The molecule has 3 rings (SSSR count). The maximum absolute atomic E-state index is 11.2. The molecule has 0 bridgehead atoms. The molecule has 0 saturated carbocycles. The van der Waals surface area contributed by atoms with Gasteiger partial charge in [0.25, 0.3) is 0 Å². The lowest BCUT2D eigenvalue weighted by Crippen LogP contribution is -2.09. The Kier molecular flexibility index (Phi) is 3.61. The first kappa shape index (κ1) is 14.3. The van der Waals surface area contributed by atoms with Crippen LogP contribution in [0.25, 0.3) is 20.8 Å². The Labute approximate surface area is 131 Å². The highest BCUT2D eigenvalue weighted by molar-refractivity contribution is 7.92. The van der Waals surface area contributed by atoms with Crippen molar-refractivity contribution in [1.82, 2.24) is 4.98 Å². The van der Waals surface area contributed by atoms with E-state index in [1.54, 1.807) is 23.5 Å². The van der Waals surface area contributed by atoms with Crippen LogP contribution < -0.4 is 4.72 Å². The largest absolute Gasteiger partial charge is 0.284 e. The first-order chi connectivity index (χ1) is 9.90. The Morgan fingerprint density at radius 2 is 1.86 bits per heavy atom. The molecule has 4 nitrogen and oxygen atoms in total. The van der Waals surface area contributed by atoms with Gasteiger partial charge in [-0.05, 0) is 42.5 Å². The van der Waals surface area contributed by atoms with Crippen molar-refractivity contribution in [2.45, 2.75) is 0 Å². The number of nitrogens with zero attached hydrogens (tertiary/aromatic N) is 1. The van der Waals surface area contributed by atoms with E-state index in [2.05, 4.69) is 9.71 Å². The van der Waals surface area contributed by atoms with Gasteiger partial charge in [0.15, 0.2) is 0 Å². The van der Waals surface area contributed by atoms with Crippen LogP contribution in [0.3, 0.4) is 0 Å². The summed E-state index contributed by atoms with van der Waals surface area (Å²) < 4.78 is 25.8. The van der Waals surface area contributed by atoms with E-state index in [9.17, 15) is 8.42 Å². The highest BCUT2D eigenvalue weighted by Crippen LogP contribution is 2.32. The van der Waals surface area contributed by atoms with Crippen LogP contribution in [0.2, 0.25) is 5.02 Å². The standard InChI is InChI=1S/C14H11ClN2O2S2/c1-21(18,19)17-11-5-2-9(3-6-11)14-16-12-7-4-10(15)8-13(12)20-14/h2-8,17H,1H3. The van der Waals surface area contributed by atoms with E-state index >= 15 is 0 Å². The monoisotopic (exact) mass is 338 g/mol. The lowest BCUT2D eigenvalue weighted by molar-refractivity contribution is 0.607. The van der Waals surface area contributed by atoms with Gasteiger partial charge in [-0.25, -0.2) is 13.4 Å². The normalized spacial score (nSPS) is 11.7. The molecule has 0 unspecified atom stereocenters. The summed E-state index contributed by atoms with van der Waals surface area (Å²) in [5.41, 5.74) is 2.37. The predicted molar refractivity (Wildman–Crippen MR) is 88.5 cm³/mol. The van der Waals surface area contributed by atoms with E-state index in [-0.39, 0.29) is 0 Å². The summed E-state index contributed by atoms with van der Waals surface area (Å²) in [5, 5.41) is 1.56. The highest BCUT2D eigenvalue weighted by atomic mass is 35.5.